The van der Waals surface area contributed by atoms with Gasteiger partial charge >= 0.3 is 5.97 Å². The summed E-state index contributed by atoms with van der Waals surface area (Å²) < 4.78 is 24.4. The van der Waals surface area contributed by atoms with Crippen molar-refractivity contribution in [1.82, 2.24) is 10.3 Å². The van der Waals surface area contributed by atoms with Gasteiger partial charge in [-0.1, -0.05) is 43.3 Å². The van der Waals surface area contributed by atoms with Gasteiger partial charge in [0, 0.05) is 30.5 Å². The first-order valence-corrected chi connectivity index (χ1v) is 10.7. The normalized spacial score (nSPS) is 27.3. The third-order valence-corrected chi connectivity index (χ3v) is 6.08. The van der Waals surface area contributed by atoms with Gasteiger partial charge in [-0.05, 0) is 18.4 Å². The molecule has 2 aliphatic rings. The largest absolute Gasteiger partial charge is 0.428 e. The molecule has 1 amide bonds. The van der Waals surface area contributed by atoms with Gasteiger partial charge in [-0.3, -0.25) is 14.6 Å². The number of esters is 1. The lowest BCUT2D eigenvalue weighted by Gasteiger charge is -2.34. The van der Waals surface area contributed by atoms with Crippen LogP contribution in [0.3, 0.4) is 0 Å². The maximum Gasteiger partial charge on any atom is 0.310 e. The zero-order valence-electron chi connectivity index (χ0n) is 18.3. The van der Waals surface area contributed by atoms with E-state index in [0.29, 0.717) is 11.4 Å². The molecule has 1 saturated heterocycles. The number of amides is 1. The molecule has 1 aromatic carbocycles. The average Bonchev–Trinajstić information content (AvgIpc) is 3.36. The number of aromatic nitrogens is 1. The number of halogens is 1. The van der Waals surface area contributed by atoms with Gasteiger partial charge in [0.25, 0.3) is 11.7 Å². The molecule has 9 heteroatoms. The van der Waals surface area contributed by atoms with Crippen LogP contribution in [0.25, 0.3) is 10.8 Å². The molecule has 0 spiro atoms. The Balaban J connectivity index is 1.60. The second-order valence-electron chi connectivity index (χ2n) is 8.31. The number of cyclic esters (lactones) is 1. The van der Waals surface area contributed by atoms with E-state index in [2.05, 4.69) is 15.5 Å². The number of pyridine rings is 1. The van der Waals surface area contributed by atoms with Crippen LogP contribution in [-0.2, 0) is 23.9 Å². The maximum atomic E-state index is 13.9. The van der Waals surface area contributed by atoms with Crippen molar-refractivity contribution < 1.29 is 28.3 Å². The molecule has 2 aliphatic heterocycles. The number of nitrogens with one attached hydrogen (secondary N) is 1. The summed E-state index contributed by atoms with van der Waals surface area (Å²) in [5.74, 6) is -3.25. The lowest BCUT2D eigenvalue weighted by Crippen LogP contribution is -2.59. The number of fused-ring (bicyclic) bond motifs is 1. The highest BCUT2D eigenvalue weighted by Crippen LogP contribution is 2.37. The van der Waals surface area contributed by atoms with Crippen molar-refractivity contribution in [2.75, 3.05) is 13.3 Å². The number of ether oxygens (including phenoxy) is 2. The topological polar surface area (TPSA) is 99.1 Å². The molecule has 0 aliphatic carbocycles. The summed E-state index contributed by atoms with van der Waals surface area (Å²) >= 11 is 0. The highest BCUT2D eigenvalue weighted by atomic mass is 19.1. The van der Waals surface area contributed by atoms with Crippen LogP contribution >= 0.6 is 0 Å². The second-order valence-corrected chi connectivity index (χ2v) is 8.31. The summed E-state index contributed by atoms with van der Waals surface area (Å²) in [5.41, 5.74) is -0.149. The minimum atomic E-state index is -1.83. The molecule has 0 bridgehead atoms. The molecule has 0 radical (unpaired) electrons. The number of oxime groups is 1. The first-order valence-electron chi connectivity index (χ1n) is 10.7. The summed E-state index contributed by atoms with van der Waals surface area (Å²) in [4.78, 5) is 35.6. The molecule has 1 N–H and O–H groups in total. The minimum absolute atomic E-state index is 0.120. The molecule has 1 aromatic heterocycles. The van der Waals surface area contributed by atoms with E-state index in [-0.39, 0.29) is 25.4 Å². The van der Waals surface area contributed by atoms with Crippen LogP contribution < -0.4 is 5.32 Å². The van der Waals surface area contributed by atoms with Crippen LogP contribution in [0.4, 0.5) is 4.39 Å². The second kappa shape index (κ2) is 8.46. The molecule has 3 atom stereocenters. The van der Waals surface area contributed by atoms with E-state index in [1.165, 1.54) is 0 Å². The van der Waals surface area contributed by atoms with E-state index in [4.69, 9.17) is 14.3 Å². The van der Waals surface area contributed by atoms with Gasteiger partial charge in [0.15, 0.2) is 6.67 Å². The fourth-order valence-electron chi connectivity index (χ4n) is 4.22. The smallest absolute Gasteiger partial charge is 0.310 e. The van der Waals surface area contributed by atoms with Crippen molar-refractivity contribution in [2.24, 2.45) is 11.1 Å². The van der Waals surface area contributed by atoms with Crippen LogP contribution in [0, 0.1) is 5.92 Å². The highest BCUT2D eigenvalue weighted by molar-refractivity contribution is 6.11. The Labute approximate surface area is 185 Å². The molecule has 1 fully saturated rings. The van der Waals surface area contributed by atoms with Crippen molar-refractivity contribution in [3.8, 4) is 0 Å². The van der Waals surface area contributed by atoms with Gasteiger partial charge in [0.1, 0.15) is 11.8 Å². The van der Waals surface area contributed by atoms with Crippen LogP contribution in [0.5, 0.6) is 0 Å². The average molecular weight is 443 g/mol. The van der Waals surface area contributed by atoms with Crippen molar-refractivity contribution in [3.05, 3.63) is 42.2 Å². The SMILES string of the molecule is CCOC1(CF)OC(=O)C[C@@H]1NC(=O)[C@]1(C(C)C)CC(c2nccc3ccccc23)=NO1. The van der Waals surface area contributed by atoms with E-state index < -0.39 is 36.0 Å². The van der Waals surface area contributed by atoms with E-state index in [9.17, 15) is 14.0 Å². The molecule has 1 unspecified atom stereocenters. The first kappa shape index (κ1) is 22.1. The predicted molar refractivity (Wildman–Crippen MR) is 115 cm³/mol. The van der Waals surface area contributed by atoms with Crippen molar-refractivity contribution in [2.45, 2.75) is 51.0 Å². The fourth-order valence-corrected chi connectivity index (χ4v) is 4.22. The van der Waals surface area contributed by atoms with Gasteiger partial charge < -0.3 is 19.6 Å². The number of rotatable bonds is 7. The van der Waals surface area contributed by atoms with Crippen molar-refractivity contribution in [1.29, 1.82) is 0 Å². The van der Waals surface area contributed by atoms with Gasteiger partial charge in [-0.25, -0.2) is 4.39 Å². The number of carbonyl (C=O) groups is 2. The molecule has 3 heterocycles. The summed E-state index contributed by atoms with van der Waals surface area (Å²) in [7, 11) is 0. The maximum absolute atomic E-state index is 13.9. The monoisotopic (exact) mass is 443 g/mol. The molecule has 170 valence electrons. The predicted octanol–water partition coefficient (Wildman–Crippen LogP) is 2.89. The third-order valence-electron chi connectivity index (χ3n) is 6.08. The Bertz CT molecular complexity index is 1070. The Morgan fingerprint density at radius 2 is 2.12 bits per heavy atom. The summed E-state index contributed by atoms with van der Waals surface area (Å²) in [6, 6.07) is 8.68. The van der Waals surface area contributed by atoms with Gasteiger partial charge in [-0.15, -0.1) is 0 Å². The molecule has 4 rings (SSSR count). The van der Waals surface area contributed by atoms with E-state index in [0.717, 1.165) is 10.8 Å². The lowest BCUT2D eigenvalue weighted by atomic mass is 9.83. The van der Waals surface area contributed by atoms with Gasteiger partial charge in [0.05, 0.1) is 12.1 Å². The highest BCUT2D eigenvalue weighted by Gasteiger charge is 2.56. The Kier molecular flexibility index (Phi) is 5.85. The molecular weight excluding hydrogens is 417 g/mol. The summed E-state index contributed by atoms with van der Waals surface area (Å²) in [6.45, 7) is 4.39. The standard InChI is InChI=1S/C23H26FN3O5/c1-4-30-23(13-24)18(11-19(28)31-23)26-21(29)22(14(2)3)12-17(27-32-22)20-16-8-6-5-7-15(16)9-10-25-20/h5-10,14,18H,4,11-13H2,1-3H3,(H,26,29)/t18-,22+,23?/m0/s1. The summed E-state index contributed by atoms with van der Waals surface area (Å²) in [6.07, 6.45) is 1.67. The van der Waals surface area contributed by atoms with Crippen LogP contribution in [0.2, 0.25) is 0 Å². The third kappa shape index (κ3) is 3.60. The van der Waals surface area contributed by atoms with Gasteiger partial charge in [-0.2, -0.15) is 0 Å². The van der Waals surface area contributed by atoms with Gasteiger partial charge in [0.2, 0.25) is 5.60 Å². The number of alkyl halides is 1. The molecule has 32 heavy (non-hydrogen) atoms. The first-order chi connectivity index (χ1) is 15.3. The van der Waals surface area contributed by atoms with Crippen LogP contribution in [0.15, 0.2) is 41.7 Å². The molecule has 2 aromatic rings. The minimum Gasteiger partial charge on any atom is -0.428 e. The Morgan fingerprint density at radius 3 is 2.84 bits per heavy atom. The number of benzene rings is 1. The fraction of sp³-hybridized carbons (Fsp3) is 0.478. The van der Waals surface area contributed by atoms with Crippen molar-refractivity contribution >= 4 is 28.4 Å². The van der Waals surface area contributed by atoms with Crippen LogP contribution in [0.1, 0.15) is 39.3 Å². The number of carbonyl (C=O) groups excluding carboxylic acids is 2. The molecular formula is C23H26FN3O5. The van der Waals surface area contributed by atoms with Crippen molar-refractivity contribution in [3.63, 3.8) is 0 Å². The zero-order valence-corrected chi connectivity index (χ0v) is 18.3. The lowest BCUT2D eigenvalue weighted by molar-refractivity contribution is -0.225. The Morgan fingerprint density at radius 1 is 1.34 bits per heavy atom. The van der Waals surface area contributed by atoms with E-state index in [1.807, 2.05) is 44.2 Å². The van der Waals surface area contributed by atoms with E-state index >= 15 is 0 Å². The molecule has 8 nitrogen and oxygen atoms in total. The Hall–Kier alpha value is -3.07. The quantitative estimate of drug-likeness (QED) is 0.661. The molecule has 0 saturated carbocycles. The van der Waals surface area contributed by atoms with Crippen LogP contribution in [-0.4, -0.2) is 53.3 Å². The number of nitrogens with zero attached hydrogens (tertiary/aromatic N) is 2. The van der Waals surface area contributed by atoms with E-state index in [1.54, 1.807) is 13.1 Å². The zero-order chi connectivity index (χ0) is 22.9. The number of hydrogen-bond donors (Lipinski definition) is 1. The summed E-state index contributed by atoms with van der Waals surface area (Å²) in [5, 5.41) is 8.87. The number of hydrogen-bond acceptors (Lipinski definition) is 7.